The van der Waals surface area contributed by atoms with Crippen LogP contribution >= 0.6 is 0 Å². The fourth-order valence-corrected chi connectivity index (χ4v) is 4.28. The van der Waals surface area contributed by atoms with Crippen molar-refractivity contribution in [3.05, 3.63) is 54.1 Å². The van der Waals surface area contributed by atoms with Gasteiger partial charge in [0, 0.05) is 37.6 Å². The van der Waals surface area contributed by atoms with Crippen molar-refractivity contribution < 1.29 is 22.1 Å². The van der Waals surface area contributed by atoms with Gasteiger partial charge in [-0.15, -0.1) is 0 Å². The molecule has 22 heavy (non-hydrogen) atoms. The van der Waals surface area contributed by atoms with Crippen LogP contribution in [0.15, 0.2) is 42.5 Å². The molecule has 3 nitrogen and oxygen atoms in total. The minimum absolute atomic E-state index is 0.339. The van der Waals surface area contributed by atoms with Gasteiger partial charge >= 0.3 is 8.80 Å². The molecule has 0 bridgehead atoms. The minimum Gasteiger partial charge on any atom is -0.373 e. The first-order valence-corrected chi connectivity index (χ1v) is 8.59. The first kappa shape index (κ1) is 16.8. The van der Waals surface area contributed by atoms with Crippen molar-refractivity contribution >= 4 is 14.0 Å². The average molecular weight is 324 g/mol. The van der Waals surface area contributed by atoms with E-state index >= 15 is 0 Å². The number of hydrogen-bond donors (Lipinski definition) is 0. The lowest BCUT2D eigenvalue weighted by Crippen LogP contribution is -2.55. The van der Waals surface area contributed by atoms with Crippen molar-refractivity contribution in [2.75, 3.05) is 20.8 Å². The predicted molar refractivity (Wildman–Crippen MR) is 82.8 cm³/mol. The SMILES string of the molecule is CCO[Si](OC)(OC)c1ccc(-c2ccc(F)cc2F)cc1. The molecule has 2 aromatic carbocycles. The van der Waals surface area contributed by atoms with Crippen molar-refractivity contribution in [1.29, 1.82) is 0 Å². The van der Waals surface area contributed by atoms with Crippen LogP contribution in [0, 0.1) is 11.6 Å². The van der Waals surface area contributed by atoms with Gasteiger partial charge in [-0.3, -0.25) is 0 Å². The molecule has 0 aromatic heterocycles. The van der Waals surface area contributed by atoms with E-state index < -0.39 is 20.4 Å². The predicted octanol–water partition coefficient (Wildman–Crippen LogP) is 3.11. The normalized spacial score (nSPS) is 11.7. The van der Waals surface area contributed by atoms with Gasteiger partial charge in [-0.25, -0.2) is 8.78 Å². The Balaban J connectivity index is 2.37. The topological polar surface area (TPSA) is 27.7 Å². The zero-order valence-corrected chi connectivity index (χ0v) is 13.7. The molecule has 0 saturated heterocycles. The molecule has 0 aliphatic heterocycles. The summed E-state index contributed by atoms with van der Waals surface area (Å²) in [5.41, 5.74) is 0.985. The highest BCUT2D eigenvalue weighted by Gasteiger charge is 2.41. The third-order valence-electron chi connectivity index (χ3n) is 3.35. The molecular formula is C16H18F2O3Si. The smallest absolute Gasteiger partial charge is 0.373 e. The van der Waals surface area contributed by atoms with Crippen molar-refractivity contribution in [2.24, 2.45) is 0 Å². The molecule has 0 aliphatic rings. The molecule has 0 radical (unpaired) electrons. The Morgan fingerprint density at radius 1 is 0.955 bits per heavy atom. The quantitative estimate of drug-likeness (QED) is 0.764. The van der Waals surface area contributed by atoms with Crippen molar-refractivity contribution in [1.82, 2.24) is 0 Å². The zero-order chi connectivity index (χ0) is 16.2. The second-order valence-corrected chi connectivity index (χ2v) is 7.39. The largest absolute Gasteiger partial charge is 0.536 e. The Bertz CT molecular complexity index is 628. The van der Waals surface area contributed by atoms with Gasteiger partial charge in [-0.1, -0.05) is 24.3 Å². The maximum atomic E-state index is 13.8. The van der Waals surface area contributed by atoms with Gasteiger partial charge in [0.25, 0.3) is 0 Å². The molecular weight excluding hydrogens is 306 g/mol. The Morgan fingerprint density at radius 3 is 2.09 bits per heavy atom. The van der Waals surface area contributed by atoms with E-state index in [4.69, 9.17) is 13.3 Å². The Morgan fingerprint density at radius 2 is 1.59 bits per heavy atom. The summed E-state index contributed by atoms with van der Waals surface area (Å²) in [6.45, 7) is 2.32. The fourth-order valence-electron chi connectivity index (χ4n) is 2.29. The summed E-state index contributed by atoms with van der Waals surface area (Å²) in [7, 11) is 0.162. The summed E-state index contributed by atoms with van der Waals surface area (Å²) >= 11 is 0. The third kappa shape index (κ3) is 3.25. The highest BCUT2D eigenvalue weighted by Crippen LogP contribution is 2.23. The minimum atomic E-state index is -2.92. The third-order valence-corrected chi connectivity index (χ3v) is 6.14. The molecule has 6 heteroatoms. The van der Waals surface area contributed by atoms with E-state index in [1.165, 1.54) is 12.1 Å². The molecule has 0 heterocycles. The summed E-state index contributed by atoms with van der Waals surface area (Å²) in [6, 6.07) is 10.6. The van der Waals surface area contributed by atoms with Crippen molar-refractivity contribution in [3.8, 4) is 11.1 Å². The molecule has 0 fully saturated rings. The first-order valence-electron chi connectivity index (χ1n) is 6.86. The first-order chi connectivity index (χ1) is 10.6. The number of halogens is 2. The molecule has 0 atom stereocenters. The van der Waals surface area contributed by atoms with Gasteiger partial charge in [0.05, 0.1) is 0 Å². The van der Waals surface area contributed by atoms with Crippen LogP contribution in [0.1, 0.15) is 6.92 Å². The zero-order valence-electron chi connectivity index (χ0n) is 12.7. The van der Waals surface area contributed by atoms with E-state index in [2.05, 4.69) is 0 Å². The highest BCUT2D eigenvalue weighted by molar-refractivity contribution is 6.75. The summed E-state index contributed by atoms with van der Waals surface area (Å²) in [5.74, 6) is -1.20. The van der Waals surface area contributed by atoms with E-state index in [1.807, 2.05) is 6.92 Å². The van der Waals surface area contributed by atoms with E-state index in [0.717, 1.165) is 11.3 Å². The maximum absolute atomic E-state index is 13.8. The van der Waals surface area contributed by atoms with Crippen molar-refractivity contribution in [3.63, 3.8) is 0 Å². The van der Waals surface area contributed by atoms with Crippen LogP contribution in [0.5, 0.6) is 0 Å². The molecule has 0 spiro atoms. The van der Waals surface area contributed by atoms with Gasteiger partial charge in [-0.05, 0) is 24.6 Å². The van der Waals surface area contributed by atoms with E-state index in [0.29, 0.717) is 17.7 Å². The van der Waals surface area contributed by atoms with Crippen LogP contribution < -0.4 is 5.19 Å². The summed E-state index contributed by atoms with van der Waals surface area (Å²) < 4.78 is 43.4. The van der Waals surface area contributed by atoms with Crippen molar-refractivity contribution in [2.45, 2.75) is 6.92 Å². The molecule has 0 unspecified atom stereocenters. The van der Waals surface area contributed by atoms with Gasteiger partial charge in [-0.2, -0.15) is 0 Å². The summed E-state index contributed by atoms with van der Waals surface area (Å²) in [5, 5.41) is 0.783. The van der Waals surface area contributed by atoms with Crippen LogP contribution in [-0.4, -0.2) is 29.6 Å². The number of benzene rings is 2. The summed E-state index contributed by atoms with van der Waals surface area (Å²) in [6.07, 6.45) is 0. The molecule has 0 aliphatic carbocycles. The van der Waals surface area contributed by atoms with E-state index in [-0.39, 0.29) is 0 Å². The molecule has 2 aromatic rings. The number of rotatable bonds is 6. The van der Waals surface area contributed by atoms with Crippen LogP contribution in [-0.2, 0) is 13.3 Å². The monoisotopic (exact) mass is 324 g/mol. The van der Waals surface area contributed by atoms with Crippen LogP contribution in [0.3, 0.4) is 0 Å². The van der Waals surface area contributed by atoms with Gasteiger partial charge in [0.15, 0.2) is 0 Å². The van der Waals surface area contributed by atoms with Crippen LogP contribution in [0.25, 0.3) is 11.1 Å². The van der Waals surface area contributed by atoms with Gasteiger partial charge in [0.1, 0.15) is 11.6 Å². The standard InChI is InChI=1S/C16H18F2O3Si/c1-4-21-22(19-2,20-3)14-8-5-12(6-9-14)15-10-7-13(17)11-16(15)18/h5-11H,4H2,1-3H3. The van der Waals surface area contributed by atoms with E-state index in [9.17, 15) is 8.78 Å². The molecule has 2 rings (SSSR count). The Kier molecular flexibility index (Phi) is 5.41. The molecule has 0 amide bonds. The maximum Gasteiger partial charge on any atom is 0.536 e. The lowest BCUT2D eigenvalue weighted by atomic mass is 10.1. The molecule has 0 N–H and O–H groups in total. The summed E-state index contributed by atoms with van der Waals surface area (Å²) in [4.78, 5) is 0. The van der Waals surface area contributed by atoms with E-state index in [1.54, 1.807) is 38.5 Å². The van der Waals surface area contributed by atoms with Crippen LogP contribution in [0.4, 0.5) is 8.78 Å². The highest BCUT2D eigenvalue weighted by atomic mass is 28.4. The molecule has 118 valence electrons. The number of hydrogen-bond acceptors (Lipinski definition) is 3. The molecule has 0 saturated carbocycles. The fraction of sp³-hybridized carbons (Fsp3) is 0.250. The average Bonchev–Trinajstić information content (AvgIpc) is 2.53. The lowest BCUT2D eigenvalue weighted by molar-refractivity contribution is 0.120. The Labute approximate surface area is 129 Å². The van der Waals surface area contributed by atoms with Gasteiger partial charge < -0.3 is 13.3 Å². The van der Waals surface area contributed by atoms with Crippen LogP contribution in [0.2, 0.25) is 0 Å². The van der Waals surface area contributed by atoms with Gasteiger partial charge in [0.2, 0.25) is 0 Å². The second kappa shape index (κ2) is 7.10. The second-order valence-electron chi connectivity index (χ2n) is 4.60. The Hall–Kier alpha value is -1.60. The lowest BCUT2D eigenvalue weighted by Gasteiger charge is -2.26.